The SMILES string of the molecule is CCCCCCC(F)(F)C(=O)CC[C@@H]1[C@@H](C/C=C\CCCCCC(=O)OC(C)C)[C@H](O)C[C@H]1O. The summed E-state index contributed by atoms with van der Waals surface area (Å²) in [5.41, 5.74) is 0. The number of hydrogen-bond acceptors (Lipinski definition) is 5. The predicted octanol–water partition coefficient (Wildman–Crippen LogP) is 6.15. The highest BCUT2D eigenvalue weighted by Crippen LogP contribution is 2.39. The van der Waals surface area contributed by atoms with E-state index < -0.39 is 30.3 Å². The molecule has 0 bridgehead atoms. The monoisotopic (exact) mass is 488 g/mol. The minimum absolute atomic E-state index is 0.0890. The number of carbonyl (C=O) groups excluding carboxylic acids is 2. The molecule has 0 aliphatic heterocycles. The Labute approximate surface area is 204 Å². The number of alkyl halides is 2. The number of hydrogen-bond donors (Lipinski definition) is 2. The van der Waals surface area contributed by atoms with Gasteiger partial charge < -0.3 is 14.9 Å². The lowest BCUT2D eigenvalue weighted by molar-refractivity contribution is -0.147. The molecule has 198 valence electrons. The quantitative estimate of drug-likeness (QED) is 0.137. The average Bonchev–Trinajstić information content (AvgIpc) is 3.02. The molecule has 0 aromatic rings. The van der Waals surface area contributed by atoms with Gasteiger partial charge in [-0.3, -0.25) is 9.59 Å². The fourth-order valence-corrected chi connectivity index (χ4v) is 4.70. The smallest absolute Gasteiger partial charge is 0.306 e. The molecule has 0 aromatic carbocycles. The summed E-state index contributed by atoms with van der Waals surface area (Å²) >= 11 is 0. The second-order valence-electron chi connectivity index (χ2n) is 10.0. The maximum Gasteiger partial charge on any atom is 0.306 e. The zero-order valence-corrected chi connectivity index (χ0v) is 21.3. The molecular weight excluding hydrogens is 442 g/mol. The Kier molecular flexibility index (Phi) is 14.8. The van der Waals surface area contributed by atoms with Crippen molar-refractivity contribution in [3.63, 3.8) is 0 Å². The van der Waals surface area contributed by atoms with Crippen LogP contribution in [0.2, 0.25) is 0 Å². The average molecular weight is 489 g/mol. The first kappa shape index (κ1) is 30.7. The molecule has 1 aliphatic carbocycles. The van der Waals surface area contributed by atoms with E-state index in [1.807, 2.05) is 32.9 Å². The van der Waals surface area contributed by atoms with Crippen LogP contribution in [0.5, 0.6) is 0 Å². The summed E-state index contributed by atoms with van der Waals surface area (Å²) in [4.78, 5) is 23.6. The molecule has 1 saturated carbocycles. The highest BCUT2D eigenvalue weighted by molar-refractivity contribution is 5.85. The van der Waals surface area contributed by atoms with Gasteiger partial charge in [0.25, 0.3) is 0 Å². The van der Waals surface area contributed by atoms with Crippen molar-refractivity contribution in [3.8, 4) is 0 Å². The van der Waals surface area contributed by atoms with Gasteiger partial charge in [0.05, 0.1) is 18.3 Å². The van der Waals surface area contributed by atoms with Crippen molar-refractivity contribution >= 4 is 11.8 Å². The maximum absolute atomic E-state index is 14.2. The summed E-state index contributed by atoms with van der Waals surface area (Å²) < 4.78 is 33.4. The van der Waals surface area contributed by atoms with Gasteiger partial charge in [-0.1, -0.05) is 44.8 Å². The minimum Gasteiger partial charge on any atom is -0.463 e. The molecule has 0 radical (unpaired) electrons. The third-order valence-electron chi connectivity index (χ3n) is 6.67. The molecule has 0 heterocycles. The second kappa shape index (κ2) is 16.4. The number of unbranched alkanes of at least 4 members (excludes halogenated alkanes) is 6. The van der Waals surface area contributed by atoms with E-state index in [1.54, 1.807) is 0 Å². The first-order valence-corrected chi connectivity index (χ1v) is 13.2. The third kappa shape index (κ3) is 11.9. The molecule has 0 unspecified atom stereocenters. The van der Waals surface area contributed by atoms with Gasteiger partial charge in [-0.25, -0.2) is 0 Å². The van der Waals surface area contributed by atoms with Crippen LogP contribution in [0.1, 0.15) is 111 Å². The number of aliphatic hydroxyl groups excluding tert-OH is 2. The number of carbonyl (C=O) groups is 2. The van der Waals surface area contributed by atoms with Crippen molar-refractivity contribution in [1.29, 1.82) is 0 Å². The molecule has 0 aromatic heterocycles. The summed E-state index contributed by atoms with van der Waals surface area (Å²) in [7, 11) is 0. The minimum atomic E-state index is -3.31. The van der Waals surface area contributed by atoms with E-state index in [9.17, 15) is 28.6 Å². The standard InChI is InChI=1S/C27H46F2O5/c1-4-5-6-13-18-27(28,29)25(32)17-16-22-21(23(30)19-24(22)31)14-11-9-7-8-10-12-15-26(33)34-20(2)3/h9,11,20-24,30-31H,4-8,10,12-19H2,1-3H3/b11-9-/t21-,22-,23-,24-/m1/s1. The molecule has 0 amide bonds. The zero-order chi connectivity index (χ0) is 25.6. The van der Waals surface area contributed by atoms with Crippen LogP contribution in [0.15, 0.2) is 12.2 Å². The van der Waals surface area contributed by atoms with Crippen molar-refractivity contribution in [2.45, 2.75) is 135 Å². The van der Waals surface area contributed by atoms with E-state index in [2.05, 4.69) is 0 Å². The molecule has 1 fully saturated rings. The van der Waals surface area contributed by atoms with Crippen molar-refractivity contribution in [2.24, 2.45) is 11.8 Å². The molecule has 0 saturated heterocycles. The number of halogens is 2. The van der Waals surface area contributed by atoms with Gasteiger partial charge in [0.2, 0.25) is 5.78 Å². The lowest BCUT2D eigenvalue weighted by atomic mass is 9.85. The Balaban J connectivity index is 2.37. The van der Waals surface area contributed by atoms with Gasteiger partial charge in [0, 0.05) is 19.3 Å². The highest BCUT2D eigenvalue weighted by Gasteiger charge is 2.43. The van der Waals surface area contributed by atoms with Gasteiger partial charge in [-0.15, -0.1) is 0 Å². The number of Topliss-reactive ketones (excluding diaryl/α,β-unsaturated/α-hetero) is 1. The summed E-state index contributed by atoms with van der Waals surface area (Å²) in [5.74, 6) is -5.12. The van der Waals surface area contributed by atoms with Gasteiger partial charge in [0.15, 0.2) is 0 Å². The van der Waals surface area contributed by atoms with Crippen LogP contribution in [-0.4, -0.2) is 46.2 Å². The number of rotatable bonds is 18. The van der Waals surface area contributed by atoms with Gasteiger partial charge in [0.1, 0.15) is 0 Å². The molecule has 5 nitrogen and oxygen atoms in total. The largest absolute Gasteiger partial charge is 0.463 e. The van der Waals surface area contributed by atoms with Crippen LogP contribution in [0, 0.1) is 11.8 Å². The Morgan fingerprint density at radius 3 is 2.32 bits per heavy atom. The predicted molar refractivity (Wildman–Crippen MR) is 130 cm³/mol. The Morgan fingerprint density at radius 2 is 1.65 bits per heavy atom. The van der Waals surface area contributed by atoms with Crippen LogP contribution in [0.25, 0.3) is 0 Å². The topological polar surface area (TPSA) is 83.8 Å². The number of aliphatic hydroxyl groups is 2. The summed E-state index contributed by atoms with van der Waals surface area (Å²) in [5, 5.41) is 20.7. The number of esters is 1. The third-order valence-corrected chi connectivity index (χ3v) is 6.67. The lowest BCUT2D eigenvalue weighted by Crippen LogP contribution is -2.30. The second-order valence-corrected chi connectivity index (χ2v) is 10.0. The van der Waals surface area contributed by atoms with Crippen LogP contribution >= 0.6 is 0 Å². The fraction of sp³-hybridized carbons (Fsp3) is 0.852. The van der Waals surface area contributed by atoms with Crippen molar-refractivity contribution < 1.29 is 33.3 Å². The normalized spacial score (nSPS) is 23.2. The zero-order valence-electron chi connectivity index (χ0n) is 21.3. The Hall–Kier alpha value is -1.34. The number of ether oxygens (including phenoxy) is 1. The first-order valence-electron chi connectivity index (χ1n) is 13.2. The summed E-state index contributed by atoms with van der Waals surface area (Å²) in [6.45, 7) is 5.66. The van der Waals surface area contributed by atoms with Crippen LogP contribution in [0.4, 0.5) is 8.78 Å². The highest BCUT2D eigenvalue weighted by atomic mass is 19.3. The molecule has 1 rings (SSSR count). The van der Waals surface area contributed by atoms with E-state index >= 15 is 0 Å². The Bertz CT molecular complexity index is 620. The van der Waals surface area contributed by atoms with Crippen molar-refractivity contribution in [2.75, 3.05) is 0 Å². The van der Waals surface area contributed by atoms with E-state index in [0.717, 1.165) is 38.5 Å². The number of ketones is 1. The molecule has 1 aliphatic rings. The van der Waals surface area contributed by atoms with Gasteiger partial charge in [-0.2, -0.15) is 8.78 Å². The van der Waals surface area contributed by atoms with E-state index in [-0.39, 0.29) is 43.2 Å². The lowest BCUT2D eigenvalue weighted by Gasteiger charge is -2.23. The molecular formula is C27H46F2O5. The van der Waals surface area contributed by atoms with Crippen LogP contribution in [-0.2, 0) is 14.3 Å². The fourth-order valence-electron chi connectivity index (χ4n) is 4.70. The van der Waals surface area contributed by atoms with E-state index in [4.69, 9.17) is 4.74 Å². The van der Waals surface area contributed by atoms with E-state index in [1.165, 1.54) is 0 Å². The molecule has 2 N–H and O–H groups in total. The Morgan fingerprint density at radius 1 is 0.971 bits per heavy atom. The molecule has 4 atom stereocenters. The van der Waals surface area contributed by atoms with Crippen LogP contribution < -0.4 is 0 Å². The molecule has 7 heteroatoms. The number of allylic oxidation sites excluding steroid dienone is 2. The molecule has 0 spiro atoms. The van der Waals surface area contributed by atoms with E-state index in [0.29, 0.717) is 25.7 Å². The van der Waals surface area contributed by atoms with Gasteiger partial charge in [-0.05, 0) is 70.6 Å². The molecule has 34 heavy (non-hydrogen) atoms. The van der Waals surface area contributed by atoms with Crippen LogP contribution in [0.3, 0.4) is 0 Å². The first-order chi connectivity index (χ1) is 16.1. The van der Waals surface area contributed by atoms with Crippen molar-refractivity contribution in [1.82, 2.24) is 0 Å². The maximum atomic E-state index is 14.2. The van der Waals surface area contributed by atoms with Gasteiger partial charge >= 0.3 is 11.9 Å². The summed E-state index contributed by atoms with van der Waals surface area (Å²) in [6.07, 6.45) is 9.48. The van der Waals surface area contributed by atoms with Crippen molar-refractivity contribution in [3.05, 3.63) is 12.2 Å². The summed E-state index contributed by atoms with van der Waals surface area (Å²) in [6, 6.07) is 0.